The normalized spacial score (nSPS) is 20.8. The van der Waals surface area contributed by atoms with E-state index in [9.17, 15) is 0 Å². The average molecular weight is 201 g/mol. The van der Waals surface area contributed by atoms with Gasteiger partial charge in [0.2, 0.25) is 0 Å². The van der Waals surface area contributed by atoms with Crippen LogP contribution in [0.15, 0.2) is 0 Å². The van der Waals surface area contributed by atoms with Crippen LogP contribution >= 0.6 is 11.8 Å². The summed E-state index contributed by atoms with van der Waals surface area (Å²) in [6.07, 6.45) is 8.35. The Hall–Kier alpha value is 0.310. The van der Waals surface area contributed by atoms with Gasteiger partial charge in [0.05, 0.1) is 0 Å². The number of hydrogen-bond donors (Lipinski definition) is 1. The van der Waals surface area contributed by atoms with Crippen molar-refractivity contribution in [3.8, 4) is 0 Å². The Kier molecular flexibility index (Phi) is 5.18. The molecule has 1 aliphatic rings. The maximum absolute atomic E-state index is 5.88. The van der Waals surface area contributed by atoms with Crippen LogP contribution in [-0.2, 0) is 0 Å². The third kappa shape index (κ3) is 3.51. The molecule has 0 aromatic carbocycles. The first-order chi connectivity index (χ1) is 6.33. The zero-order valence-electron chi connectivity index (χ0n) is 8.85. The van der Waals surface area contributed by atoms with Crippen molar-refractivity contribution < 1.29 is 0 Å². The van der Waals surface area contributed by atoms with Gasteiger partial charge in [-0.1, -0.05) is 19.8 Å². The molecule has 13 heavy (non-hydrogen) atoms. The monoisotopic (exact) mass is 201 g/mol. The molecule has 1 saturated carbocycles. The smallest absolute Gasteiger partial charge is 0.00205 e. The van der Waals surface area contributed by atoms with Gasteiger partial charge in [-0.3, -0.25) is 0 Å². The van der Waals surface area contributed by atoms with E-state index in [0.29, 0.717) is 5.41 Å². The quantitative estimate of drug-likeness (QED) is 0.668. The van der Waals surface area contributed by atoms with Crippen LogP contribution < -0.4 is 5.73 Å². The Balaban J connectivity index is 2.16. The van der Waals surface area contributed by atoms with E-state index in [1.165, 1.54) is 50.0 Å². The van der Waals surface area contributed by atoms with Crippen molar-refractivity contribution in [3.05, 3.63) is 0 Å². The molecule has 0 atom stereocenters. The number of nitrogens with two attached hydrogens (primary N) is 1. The average Bonchev–Trinajstić information content (AvgIpc) is 2.62. The molecule has 0 amide bonds. The molecule has 0 bridgehead atoms. The van der Waals surface area contributed by atoms with Crippen molar-refractivity contribution >= 4 is 11.8 Å². The highest BCUT2D eigenvalue weighted by atomic mass is 32.2. The standard InChI is InChI=1S/C11H23NS/c1-2-13-9-5-8-11(10-12)6-3-4-7-11/h2-10,12H2,1H3. The summed E-state index contributed by atoms with van der Waals surface area (Å²) in [6, 6.07) is 0. The lowest BCUT2D eigenvalue weighted by Crippen LogP contribution is -2.27. The first-order valence-corrected chi connectivity index (χ1v) is 6.76. The van der Waals surface area contributed by atoms with Gasteiger partial charge >= 0.3 is 0 Å². The Morgan fingerprint density at radius 3 is 2.54 bits per heavy atom. The van der Waals surface area contributed by atoms with E-state index < -0.39 is 0 Å². The lowest BCUT2D eigenvalue weighted by Gasteiger charge is -2.26. The third-order valence-electron chi connectivity index (χ3n) is 3.30. The minimum Gasteiger partial charge on any atom is -0.330 e. The third-order valence-corrected chi connectivity index (χ3v) is 4.28. The second kappa shape index (κ2) is 5.92. The van der Waals surface area contributed by atoms with Crippen LogP contribution in [0.1, 0.15) is 45.4 Å². The van der Waals surface area contributed by atoms with Crippen LogP contribution in [0.2, 0.25) is 0 Å². The molecule has 1 fully saturated rings. The van der Waals surface area contributed by atoms with E-state index in [0.717, 1.165) is 6.54 Å². The highest BCUT2D eigenvalue weighted by Crippen LogP contribution is 2.41. The van der Waals surface area contributed by atoms with Crippen LogP contribution in [0.5, 0.6) is 0 Å². The van der Waals surface area contributed by atoms with Gasteiger partial charge in [-0.25, -0.2) is 0 Å². The zero-order valence-corrected chi connectivity index (χ0v) is 9.67. The fourth-order valence-electron chi connectivity index (χ4n) is 2.37. The lowest BCUT2D eigenvalue weighted by molar-refractivity contribution is 0.281. The SMILES string of the molecule is CCSCCCC1(CN)CCCC1. The predicted octanol–water partition coefficient (Wildman–Crippen LogP) is 3.04. The fourth-order valence-corrected chi connectivity index (χ4v) is 3.01. The number of rotatable bonds is 6. The van der Waals surface area contributed by atoms with Crippen LogP contribution in [0.4, 0.5) is 0 Å². The molecule has 1 rings (SSSR count). The predicted molar refractivity (Wildman–Crippen MR) is 62.2 cm³/mol. The maximum Gasteiger partial charge on any atom is -0.00205 e. The molecular weight excluding hydrogens is 178 g/mol. The molecule has 0 aliphatic heterocycles. The molecule has 78 valence electrons. The molecule has 0 radical (unpaired) electrons. The molecule has 1 aliphatic carbocycles. The van der Waals surface area contributed by atoms with E-state index in [4.69, 9.17) is 5.73 Å². The van der Waals surface area contributed by atoms with Crippen molar-refractivity contribution in [1.29, 1.82) is 0 Å². The van der Waals surface area contributed by atoms with E-state index in [1.807, 2.05) is 0 Å². The Labute approximate surface area is 86.8 Å². The van der Waals surface area contributed by atoms with Gasteiger partial charge in [0, 0.05) is 0 Å². The first kappa shape index (κ1) is 11.4. The molecule has 1 nitrogen and oxygen atoms in total. The largest absolute Gasteiger partial charge is 0.330 e. The highest BCUT2D eigenvalue weighted by Gasteiger charge is 2.31. The summed E-state index contributed by atoms with van der Waals surface area (Å²) in [6.45, 7) is 3.16. The van der Waals surface area contributed by atoms with Crippen molar-refractivity contribution in [2.75, 3.05) is 18.1 Å². The number of hydrogen-bond acceptors (Lipinski definition) is 2. The molecule has 0 saturated heterocycles. The topological polar surface area (TPSA) is 26.0 Å². The van der Waals surface area contributed by atoms with Gasteiger partial charge in [0.25, 0.3) is 0 Å². The highest BCUT2D eigenvalue weighted by molar-refractivity contribution is 7.99. The van der Waals surface area contributed by atoms with Crippen molar-refractivity contribution in [2.45, 2.75) is 45.4 Å². The van der Waals surface area contributed by atoms with Crippen LogP contribution in [-0.4, -0.2) is 18.1 Å². The van der Waals surface area contributed by atoms with Gasteiger partial charge < -0.3 is 5.73 Å². The maximum atomic E-state index is 5.88. The molecule has 0 unspecified atom stereocenters. The molecule has 2 N–H and O–H groups in total. The Bertz CT molecular complexity index is 130. The van der Waals surface area contributed by atoms with Crippen LogP contribution in [0, 0.1) is 5.41 Å². The lowest BCUT2D eigenvalue weighted by atomic mass is 9.82. The minimum atomic E-state index is 0.550. The van der Waals surface area contributed by atoms with E-state index in [2.05, 4.69) is 18.7 Å². The van der Waals surface area contributed by atoms with E-state index in [-0.39, 0.29) is 0 Å². The number of thioether (sulfide) groups is 1. The Morgan fingerprint density at radius 1 is 1.31 bits per heavy atom. The van der Waals surface area contributed by atoms with Gasteiger partial charge in [-0.05, 0) is 49.1 Å². The molecule has 0 heterocycles. The second-order valence-electron chi connectivity index (χ2n) is 4.21. The van der Waals surface area contributed by atoms with E-state index >= 15 is 0 Å². The van der Waals surface area contributed by atoms with Gasteiger partial charge in [0.15, 0.2) is 0 Å². The van der Waals surface area contributed by atoms with E-state index in [1.54, 1.807) is 0 Å². The summed E-state index contributed by atoms with van der Waals surface area (Å²) in [5.41, 5.74) is 6.43. The summed E-state index contributed by atoms with van der Waals surface area (Å²) in [7, 11) is 0. The van der Waals surface area contributed by atoms with Crippen molar-refractivity contribution in [2.24, 2.45) is 11.1 Å². The fraction of sp³-hybridized carbons (Fsp3) is 1.00. The molecular formula is C11H23NS. The molecule has 2 heteroatoms. The molecule has 0 aromatic heterocycles. The first-order valence-electron chi connectivity index (χ1n) is 5.61. The summed E-state index contributed by atoms with van der Waals surface area (Å²) in [5.74, 6) is 2.59. The van der Waals surface area contributed by atoms with Crippen molar-refractivity contribution in [1.82, 2.24) is 0 Å². The summed E-state index contributed by atoms with van der Waals surface area (Å²) in [5, 5.41) is 0. The van der Waals surface area contributed by atoms with Crippen LogP contribution in [0.25, 0.3) is 0 Å². The zero-order chi connectivity index (χ0) is 9.57. The summed E-state index contributed by atoms with van der Waals surface area (Å²) in [4.78, 5) is 0. The van der Waals surface area contributed by atoms with Gasteiger partial charge in [-0.2, -0.15) is 11.8 Å². The van der Waals surface area contributed by atoms with Crippen molar-refractivity contribution in [3.63, 3.8) is 0 Å². The van der Waals surface area contributed by atoms with Gasteiger partial charge in [-0.15, -0.1) is 0 Å². The second-order valence-corrected chi connectivity index (χ2v) is 5.61. The summed E-state index contributed by atoms with van der Waals surface area (Å²) >= 11 is 2.06. The van der Waals surface area contributed by atoms with Gasteiger partial charge in [0.1, 0.15) is 0 Å². The van der Waals surface area contributed by atoms with Crippen LogP contribution in [0.3, 0.4) is 0 Å². The minimum absolute atomic E-state index is 0.550. The molecule has 0 aromatic rings. The summed E-state index contributed by atoms with van der Waals surface area (Å²) < 4.78 is 0. The molecule has 0 spiro atoms. The Morgan fingerprint density at radius 2 is 2.00 bits per heavy atom.